The summed E-state index contributed by atoms with van der Waals surface area (Å²) in [7, 11) is 1.46. The fourth-order valence-corrected chi connectivity index (χ4v) is 3.30. The van der Waals surface area contributed by atoms with Gasteiger partial charge in [-0.15, -0.1) is 0 Å². The molecule has 5 heteroatoms. The maximum atomic E-state index is 11.8. The number of rotatable bonds is 2. The van der Waals surface area contributed by atoms with Crippen molar-refractivity contribution in [3.8, 4) is 0 Å². The molecule has 1 atom stereocenters. The van der Waals surface area contributed by atoms with Crippen molar-refractivity contribution in [1.82, 2.24) is 4.98 Å². The Hall–Kier alpha value is -1.62. The number of esters is 1. The third kappa shape index (κ3) is 2.88. The molecular weight excluding hydrogens is 332 g/mol. The van der Waals surface area contributed by atoms with Crippen molar-refractivity contribution in [1.29, 1.82) is 0 Å². The second kappa shape index (κ2) is 6.02. The van der Waals surface area contributed by atoms with Crippen LogP contribution in [0.4, 0.5) is 5.69 Å². The van der Waals surface area contributed by atoms with Crippen molar-refractivity contribution in [2.45, 2.75) is 12.8 Å². The Labute approximate surface area is 132 Å². The SMILES string of the molecule is COC(=O)[C@H]1CCCN(c2ccnc3ccc(Br)cc23)C1. The number of ether oxygens (including phenoxy) is 1. The van der Waals surface area contributed by atoms with Crippen LogP contribution in [0.25, 0.3) is 10.9 Å². The van der Waals surface area contributed by atoms with Crippen LogP contribution in [-0.2, 0) is 9.53 Å². The number of hydrogen-bond donors (Lipinski definition) is 0. The topological polar surface area (TPSA) is 42.4 Å². The molecule has 2 aromatic rings. The van der Waals surface area contributed by atoms with Gasteiger partial charge >= 0.3 is 5.97 Å². The number of carbonyl (C=O) groups is 1. The predicted molar refractivity (Wildman–Crippen MR) is 86.4 cm³/mol. The minimum atomic E-state index is -0.112. The summed E-state index contributed by atoms with van der Waals surface area (Å²) in [6.45, 7) is 1.66. The summed E-state index contributed by atoms with van der Waals surface area (Å²) in [5, 5.41) is 1.11. The van der Waals surface area contributed by atoms with Gasteiger partial charge in [-0.3, -0.25) is 9.78 Å². The lowest BCUT2D eigenvalue weighted by molar-refractivity contribution is -0.145. The number of piperidine rings is 1. The van der Waals surface area contributed by atoms with E-state index in [0.29, 0.717) is 6.54 Å². The van der Waals surface area contributed by atoms with Crippen LogP contribution in [0.2, 0.25) is 0 Å². The monoisotopic (exact) mass is 348 g/mol. The first-order valence-electron chi connectivity index (χ1n) is 7.06. The van der Waals surface area contributed by atoms with Crippen LogP contribution in [0.1, 0.15) is 12.8 Å². The zero-order valence-electron chi connectivity index (χ0n) is 11.9. The first-order valence-corrected chi connectivity index (χ1v) is 7.85. The quantitative estimate of drug-likeness (QED) is 0.780. The third-order valence-electron chi connectivity index (χ3n) is 3.98. The summed E-state index contributed by atoms with van der Waals surface area (Å²) >= 11 is 3.52. The summed E-state index contributed by atoms with van der Waals surface area (Å²) < 4.78 is 5.93. The van der Waals surface area contributed by atoms with E-state index in [1.807, 2.05) is 24.4 Å². The number of anilines is 1. The Morgan fingerprint density at radius 1 is 1.43 bits per heavy atom. The first-order chi connectivity index (χ1) is 10.2. The highest BCUT2D eigenvalue weighted by atomic mass is 79.9. The normalized spacial score (nSPS) is 18.8. The van der Waals surface area contributed by atoms with Gasteiger partial charge in [-0.25, -0.2) is 0 Å². The number of benzene rings is 1. The van der Waals surface area contributed by atoms with E-state index in [1.165, 1.54) is 7.11 Å². The molecule has 0 saturated carbocycles. The Balaban J connectivity index is 1.96. The van der Waals surface area contributed by atoms with Gasteiger partial charge in [0.25, 0.3) is 0 Å². The molecule has 1 aliphatic rings. The van der Waals surface area contributed by atoms with Crippen molar-refractivity contribution in [3.05, 3.63) is 34.9 Å². The molecule has 0 radical (unpaired) electrons. The van der Waals surface area contributed by atoms with E-state index in [2.05, 4.69) is 31.9 Å². The van der Waals surface area contributed by atoms with E-state index in [-0.39, 0.29) is 11.9 Å². The first kappa shape index (κ1) is 14.3. The molecule has 0 amide bonds. The van der Waals surface area contributed by atoms with Crippen molar-refractivity contribution >= 4 is 38.5 Å². The van der Waals surface area contributed by atoms with Gasteiger partial charge in [-0.1, -0.05) is 15.9 Å². The standard InChI is InChI=1S/C16H17BrN2O2/c1-21-16(20)11-3-2-8-19(10-11)15-6-7-18-14-5-4-12(17)9-13(14)15/h4-7,9,11H,2-3,8,10H2,1H3/t11-/m0/s1. The Bertz CT molecular complexity index is 674. The lowest BCUT2D eigenvalue weighted by Gasteiger charge is -2.33. The second-order valence-corrected chi connectivity index (χ2v) is 6.22. The molecule has 3 rings (SSSR count). The summed E-state index contributed by atoms with van der Waals surface area (Å²) in [5.74, 6) is -0.154. The molecule has 4 nitrogen and oxygen atoms in total. The highest BCUT2D eigenvalue weighted by Gasteiger charge is 2.27. The number of nitrogens with zero attached hydrogens (tertiary/aromatic N) is 2. The van der Waals surface area contributed by atoms with Gasteiger partial charge in [0.2, 0.25) is 0 Å². The average molecular weight is 349 g/mol. The van der Waals surface area contributed by atoms with Crippen molar-refractivity contribution in [2.24, 2.45) is 5.92 Å². The lowest BCUT2D eigenvalue weighted by Crippen LogP contribution is -2.39. The summed E-state index contributed by atoms with van der Waals surface area (Å²) in [6, 6.07) is 8.10. The van der Waals surface area contributed by atoms with Crippen molar-refractivity contribution in [2.75, 3.05) is 25.1 Å². The Morgan fingerprint density at radius 3 is 3.10 bits per heavy atom. The van der Waals surface area contributed by atoms with Gasteiger partial charge in [0.15, 0.2) is 0 Å². The van der Waals surface area contributed by atoms with Crippen LogP contribution in [0.15, 0.2) is 34.9 Å². The summed E-state index contributed by atoms with van der Waals surface area (Å²) in [6.07, 6.45) is 3.72. The van der Waals surface area contributed by atoms with E-state index in [1.54, 1.807) is 0 Å². The molecule has 1 fully saturated rings. The molecule has 21 heavy (non-hydrogen) atoms. The number of hydrogen-bond acceptors (Lipinski definition) is 4. The highest BCUT2D eigenvalue weighted by molar-refractivity contribution is 9.10. The largest absolute Gasteiger partial charge is 0.469 e. The molecule has 1 aliphatic heterocycles. The molecule has 0 unspecified atom stereocenters. The van der Waals surface area contributed by atoms with Gasteiger partial charge in [0.05, 0.1) is 18.5 Å². The predicted octanol–water partition coefficient (Wildman–Crippen LogP) is 3.39. The third-order valence-corrected chi connectivity index (χ3v) is 4.47. The highest BCUT2D eigenvalue weighted by Crippen LogP contribution is 2.31. The van der Waals surface area contributed by atoms with Gasteiger partial charge in [-0.2, -0.15) is 0 Å². The van der Waals surface area contributed by atoms with E-state index < -0.39 is 0 Å². The molecular formula is C16H17BrN2O2. The number of methoxy groups -OCH3 is 1. The van der Waals surface area contributed by atoms with Crippen molar-refractivity contribution in [3.63, 3.8) is 0 Å². The minimum Gasteiger partial charge on any atom is -0.469 e. The van der Waals surface area contributed by atoms with E-state index in [4.69, 9.17) is 4.74 Å². The maximum Gasteiger partial charge on any atom is 0.310 e. The van der Waals surface area contributed by atoms with Crippen molar-refractivity contribution < 1.29 is 9.53 Å². The number of fused-ring (bicyclic) bond motifs is 1. The van der Waals surface area contributed by atoms with E-state index in [0.717, 1.165) is 40.4 Å². The van der Waals surface area contributed by atoms with E-state index in [9.17, 15) is 4.79 Å². The summed E-state index contributed by atoms with van der Waals surface area (Å²) in [5.41, 5.74) is 2.10. The number of carbonyl (C=O) groups excluding carboxylic acids is 1. The Kier molecular flexibility index (Phi) is 4.10. The van der Waals surface area contributed by atoms with Crippen LogP contribution in [0.5, 0.6) is 0 Å². The Morgan fingerprint density at radius 2 is 2.29 bits per heavy atom. The molecule has 0 bridgehead atoms. The lowest BCUT2D eigenvalue weighted by atomic mass is 9.97. The average Bonchev–Trinajstić information content (AvgIpc) is 2.53. The maximum absolute atomic E-state index is 11.8. The van der Waals surface area contributed by atoms with Crippen LogP contribution in [0.3, 0.4) is 0 Å². The number of aromatic nitrogens is 1. The second-order valence-electron chi connectivity index (χ2n) is 5.30. The summed E-state index contributed by atoms with van der Waals surface area (Å²) in [4.78, 5) is 18.5. The smallest absolute Gasteiger partial charge is 0.310 e. The molecule has 0 spiro atoms. The molecule has 1 aromatic carbocycles. The molecule has 2 heterocycles. The molecule has 1 aromatic heterocycles. The van der Waals surface area contributed by atoms with Crippen LogP contribution in [-0.4, -0.2) is 31.2 Å². The number of halogens is 1. The van der Waals surface area contributed by atoms with Gasteiger partial charge in [0, 0.05) is 34.8 Å². The molecule has 110 valence electrons. The fourth-order valence-electron chi connectivity index (χ4n) is 2.93. The van der Waals surface area contributed by atoms with Crippen LogP contribution in [0, 0.1) is 5.92 Å². The zero-order valence-corrected chi connectivity index (χ0v) is 13.5. The minimum absolute atomic E-state index is 0.0425. The molecule has 1 saturated heterocycles. The number of pyridine rings is 1. The molecule has 0 N–H and O–H groups in total. The van der Waals surface area contributed by atoms with E-state index >= 15 is 0 Å². The van der Waals surface area contributed by atoms with Gasteiger partial charge in [0.1, 0.15) is 0 Å². The van der Waals surface area contributed by atoms with Crippen LogP contribution < -0.4 is 4.90 Å². The zero-order chi connectivity index (χ0) is 14.8. The van der Waals surface area contributed by atoms with Gasteiger partial charge < -0.3 is 9.64 Å². The molecule has 0 aliphatic carbocycles. The van der Waals surface area contributed by atoms with Gasteiger partial charge in [-0.05, 0) is 37.1 Å². The fraction of sp³-hybridized carbons (Fsp3) is 0.375. The van der Waals surface area contributed by atoms with Crippen LogP contribution >= 0.6 is 15.9 Å².